The van der Waals surface area contributed by atoms with Gasteiger partial charge in [0, 0.05) is 5.69 Å². The summed E-state index contributed by atoms with van der Waals surface area (Å²) in [6.07, 6.45) is 1.35. The minimum Gasteiger partial charge on any atom is -0.508 e. The average molecular weight is 526 g/mol. The van der Waals surface area contributed by atoms with Gasteiger partial charge >= 0.3 is 0 Å². The number of hydrogen-bond donors (Lipinski definition) is 3. The Bertz CT molecular complexity index is 1330. The van der Waals surface area contributed by atoms with Crippen LogP contribution in [0.15, 0.2) is 66.2 Å². The summed E-state index contributed by atoms with van der Waals surface area (Å²) in [6.45, 7) is 1.67. The normalized spacial score (nSPS) is 10.8. The van der Waals surface area contributed by atoms with E-state index >= 15 is 0 Å². The van der Waals surface area contributed by atoms with Crippen LogP contribution in [0.3, 0.4) is 0 Å². The molecule has 3 aromatic carbocycles. The molecule has 0 heterocycles. The SMILES string of the molecule is CCOc1cc(/C=C(\C#N)C(=O)Nc2ccc(O)cc2)cc(Cl)c1OCC(=O)Nc1ccccc1Cl. The molecule has 0 fully saturated rings. The van der Waals surface area contributed by atoms with Crippen LogP contribution in [0.1, 0.15) is 12.5 Å². The van der Waals surface area contributed by atoms with Gasteiger partial charge in [0.15, 0.2) is 18.1 Å². The van der Waals surface area contributed by atoms with Gasteiger partial charge in [-0.15, -0.1) is 0 Å². The zero-order valence-corrected chi connectivity index (χ0v) is 20.6. The molecule has 3 N–H and O–H groups in total. The Morgan fingerprint density at radius 2 is 1.75 bits per heavy atom. The topological polar surface area (TPSA) is 121 Å². The maximum absolute atomic E-state index is 12.5. The van der Waals surface area contributed by atoms with Crippen LogP contribution in [0, 0.1) is 11.3 Å². The zero-order valence-electron chi connectivity index (χ0n) is 19.0. The lowest BCUT2D eigenvalue weighted by Gasteiger charge is -2.15. The molecule has 8 nitrogen and oxygen atoms in total. The third-order valence-corrected chi connectivity index (χ3v) is 5.24. The Labute approximate surface area is 217 Å². The number of phenolic OH excluding ortho intramolecular Hbond substituents is 1. The van der Waals surface area contributed by atoms with E-state index in [1.165, 1.54) is 36.4 Å². The van der Waals surface area contributed by atoms with E-state index < -0.39 is 11.8 Å². The molecule has 0 saturated heterocycles. The van der Waals surface area contributed by atoms with E-state index in [4.69, 9.17) is 32.7 Å². The van der Waals surface area contributed by atoms with Crippen LogP contribution in [0.4, 0.5) is 11.4 Å². The molecule has 2 amide bonds. The fourth-order valence-electron chi connectivity index (χ4n) is 3.02. The number of para-hydroxylation sites is 1. The molecule has 3 aromatic rings. The highest BCUT2D eigenvalue weighted by Gasteiger charge is 2.16. The largest absolute Gasteiger partial charge is 0.508 e. The van der Waals surface area contributed by atoms with E-state index in [1.807, 2.05) is 6.07 Å². The fourth-order valence-corrected chi connectivity index (χ4v) is 3.48. The van der Waals surface area contributed by atoms with E-state index in [0.717, 1.165) is 0 Å². The summed E-state index contributed by atoms with van der Waals surface area (Å²) >= 11 is 12.5. The molecule has 0 radical (unpaired) electrons. The fraction of sp³-hybridized carbons (Fsp3) is 0.115. The van der Waals surface area contributed by atoms with Crippen molar-refractivity contribution in [3.63, 3.8) is 0 Å². The summed E-state index contributed by atoms with van der Waals surface area (Å²) in [7, 11) is 0. The van der Waals surface area contributed by atoms with E-state index in [1.54, 1.807) is 37.3 Å². The van der Waals surface area contributed by atoms with Crippen molar-refractivity contribution < 1.29 is 24.2 Å². The van der Waals surface area contributed by atoms with Gasteiger partial charge in [-0.1, -0.05) is 35.3 Å². The summed E-state index contributed by atoms with van der Waals surface area (Å²) in [5, 5.41) is 24.6. The minimum atomic E-state index is -0.645. The van der Waals surface area contributed by atoms with Crippen LogP contribution in [0.5, 0.6) is 17.2 Å². The summed E-state index contributed by atoms with van der Waals surface area (Å²) in [4.78, 5) is 24.9. The summed E-state index contributed by atoms with van der Waals surface area (Å²) in [6, 6.07) is 17.5. The molecule has 36 heavy (non-hydrogen) atoms. The maximum atomic E-state index is 12.5. The van der Waals surface area contributed by atoms with Crippen molar-refractivity contribution in [2.45, 2.75) is 6.92 Å². The van der Waals surface area contributed by atoms with Gasteiger partial charge in [0.25, 0.3) is 11.8 Å². The van der Waals surface area contributed by atoms with Gasteiger partial charge in [0.05, 0.1) is 22.3 Å². The molecule has 0 spiro atoms. The Kier molecular flexibility index (Phi) is 9.17. The molecule has 3 rings (SSSR count). The van der Waals surface area contributed by atoms with Crippen molar-refractivity contribution >= 4 is 52.5 Å². The van der Waals surface area contributed by atoms with Crippen molar-refractivity contribution in [2.75, 3.05) is 23.8 Å². The van der Waals surface area contributed by atoms with Crippen molar-refractivity contribution in [1.29, 1.82) is 5.26 Å². The van der Waals surface area contributed by atoms with Crippen LogP contribution < -0.4 is 20.1 Å². The third-order valence-electron chi connectivity index (χ3n) is 4.63. The molecule has 0 atom stereocenters. The molecular weight excluding hydrogens is 505 g/mol. The van der Waals surface area contributed by atoms with Crippen LogP contribution >= 0.6 is 23.2 Å². The molecule has 0 aliphatic heterocycles. The number of rotatable bonds is 9. The van der Waals surface area contributed by atoms with Crippen LogP contribution in [-0.4, -0.2) is 30.1 Å². The van der Waals surface area contributed by atoms with E-state index in [9.17, 15) is 20.0 Å². The van der Waals surface area contributed by atoms with E-state index in [0.29, 0.717) is 22.0 Å². The standard InChI is InChI=1S/C26H21Cl2N3O5/c1-2-35-23-13-16(11-17(14-29)26(34)30-18-7-9-19(32)10-8-18)12-21(28)25(23)36-15-24(33)31-22-6-4-3-5-20(22)27/h3-13,32H,2,15H2,1H3,(H,30,34)(H,31,33)/b17-11+. The van der Waals surface area contributed by atoms with Gasteiger partial charge in [0.1, 0.15) is 17.4 Å². The summed E-state index contributed by atoms with van der Waals surface area (Å²) in [5.41, 5.74) is 1.08. The predicted molar refractivity (Wildman–Crippen MR) is 139 cm³/mol. The number of carbonyl (C=O) groups excluding carboxylic acids is 2. The average Bonchev–Trinajstić information content (AvgIpc) is 2.85. The molecular formula is C26H21Cl2N3O5. The predicted octanol–water partition coefficient (Wildman–Crippen LogP) is 5.66. The van der Waals surface area contributed by atoms with Crippen molar-refractivity contribution in [3.8, 4) is 23.3 Å². The lowest BCUT2D eigenvalue weighted by atomic mass is 10.1. The van der Waals surface area contributed by atoms with E-state index in [-0.39, 0.29) is 41.1 Å². The number of nitriles is 1. The highest BCUT2D eigenvalue weighted by Crippen LogP contribution is 2.37. The Balaban J connectivity index is 1.77. The summed E-state index contributed by atoms with van der Waals surface area (Å²) in [5.74, 6) is -0.682. The van der Waals surface area contributed by atoms with Crippen LogP contribution in [0.2, 0.25) is 10.0 Å². The quantitative estimate of drug-likeness (QED) is 0.188. The molecule has 184 valence electrons. The van der Waals surface area contributed by atoms with Crippen molar-refractivity contribution in [2.24, 2.45) is 0 Å². The molecule has 0 aliphatic rings. The number of halogens is 2. The van der Waals surface area contributed by atoms with Gasteiger partial charge < -0.3 is 25.2 Å². The number of amides is 2. The second kappa shape index (κ2) is 12.5. The number of nitrogens with one attached hydrogen (secondary N) is 2. The van der Waals surface area contributed by atoms with Gasteiger partial charge in [-0.3, -0.25) is 9.59 Å². The number of phenols is 1. The van der Waals surface area contributed by atoms with Crippen molar-refractivity contribution in [1.82, 2.24) is 0 Å². The Morgan fingerprint density at radius 3 is 2.42 bits per heavy atom. The molecule has 0 saturated carbocycles. The third kappa shape index (κ3) is 7.15. The lowest BCUT2D eigenvalue weighted by molar-refractivity contribution is -0.118. The van der Waals surface area contributed by atoms with Gasteiger partial charge in [-0.2, -0.15) is 5.26 Å². The molecule has 0 unspecified atom stereocenters. The second-order valence-corrected chi connectivity index (χ2v) is 8.06. The highest BCUT2D eigenvalue weighted by molar-refractivity contribution is 6.33. The smallest absolute Gasteiger partial charge is 0.266 e. The first-order valence-corrected chi connectivity index (χ1v) is 11.4. The number of anilines is 2. The van der Waals surface area contributed by atoms with Gasteiger partial charge in [0.2, 0.25) is 0 Å². The number of hydrogen-bond acceptors (Lipinski definition) is 6. The Hall–Kier alpha value is -4.19. The first-order chi connectivity index (χ1) is 17.3. The second-order valence-electron chi connectivity index (χ2n) is 7.25. The number of ether oxygens (including phenoxy) is 2. The number of benzene rings is 3. The minimum absolute atomic E-state index is 0.0470. The first-order valence-electron chi connectivity index (χ1n) is 10.7. The highest BCUT2D eigenvalue weighted by atomic mass is 35.5. The zero-order chi connectivity index (χ0) is 26.1. The Morgan fingerprint density at radius 1 is 1.03 bits per heavy atom. The molecule has 0 bridgehead atoms. The van der Waals surface area contributed by atoms with E-state index in [2.05, 4.69) is 10.6 Å². The van der Waals surface area contributed by atoms with Gasteiger partial charge in [-0.25, -0.2) is 0 Å². The number of carbonyl (C=O) groups is 2. The molecule has 0 aromatic heterocycles. The number of aromatic hydroxyl groups is 1. The monoisotopic (exact) mass is 525 g/mol. The number of nitrogens with zero attached hydrogens (tertiary/aromatic N) is 1. The molecule has 10 heteroatoms. The first kappa shape index (κ1) is 26.4. The lowest BCUT2D eigenvalue weighted by Crippen LogP contribution is -2.20. The van der Waals surface area contributed by atoms with Crippen molar-refractivity contribution in [3.05, 3.63) is 81.8 Å². The van der Waals surface area contributed by atoms with Crippen LogP contribution in [-0.2, 0) is 9.59 Å². The summed E-state index contributed by atoms with van der Waals surface area (Å²) < 4.78 is 11.2. The molecule has 0 aliphatic carbocycles. The maximum Gasteiger partial charge on any atom is 0.266 e. The van der Waals surface area contributed by atoms with Gasteiger partial charge in [-0.05, 0) is 67.1 Å². The van der Waals surface area contributed by atoms with Crippen LogP contribution in [0.25, 0.3) is 6.08 Å².